The van der Waals surface area contributed by atoms with Crippen molar-refractivity contribution in [3.8, 4) is 0 Å². The molecule has 12 heavy (non-hydrogen) atoms. The maximum absolute atomic E-state index is 8.63. The van der Waals surface area contributed by atoms with Crippen LogP contribution in [0.3, 0.4) is 0 Å². The molecule has 0 fully saturated rings. The normalized spacial score (nSPS) is 14.8. The quantitative estimate of drug-likeness (QED) is 0.622. The molecule has 0 aliphatic rings. The molecule has 0 aromatic heterocycles. The summed E-state index contributed by atoms with van der Waals surface area (Å²) in [6.45, 7) is 4.31. The number of aliphatic hydroxyl groups excluding tert-OH is 1. The summed E-state index contributed by atoms with van der Waals surface area (Å²) >= 11 is 0. The molecule has 0 rings (SSSR count). The minimum Gasteiger partial charge on any atom is -0.392 e. The third-order valence-electron chi connectivity index (χ3n) is 1.93. The molecule has 2 nitrogen and oxygen atoms in total. The molecule has 0 aromatic carbocycles. The molecule has 1 N–H and O–H groups in total. The maximum Gasteiger partial charge on any atom is 0.0614 e. The predicted octanol–water partition coefficient (Wildman–Crippen LogP) is 2.13. The van der Waals surface area contributed by atoms with E-state index in [4.69, 9.17) is 9.84 Å². The van der Waals surface area contributed by atoms with Crippen molar-refractivity contribution < 1.29 is 9.84 Å². The van der Waals surface area contributed by atoms with Crippen LogP contribution in [0.5, 0.6) is 0 Å². The lowest BCUT2D eigenvalue weighted by molar-refractivity contribution is 0.0947. The van der Waals surface area contributed by atoms with Crippen LogP contribution in [0.25, 0.3) is 0 Å². The first-order valence-corrected chi connectivity index (χ1v) is 4.53. The van der Waals surface area contributed by atoms with Crippen LogP contribution in [0.15, 0.2) is 11.6 Å². The monoisotopic (exact) mass is 172 g/mol. The Morgan fingerprint density at radius 1 is 1.58 bits per heavy atom. The van der Waals surface area contributed by atoms with Gasteiger partial charge in [-0.1, -0.05) is 25.0 Å². The number of rotatable bonds is 6. The summed E-state index contributed by atoms with van der Waals surface area (Å²) in [5, 5.41) is 8.63. The van der Waals surface area contributed by atoms with Crippen LogP contribution in [-0.2, 0) is 4.74 Å². The Hall–Kier alpha value is -0.340. The fraction of sp³-hybridized carbons (Fsp3) is 0.800. The average molecular weight is 172 g/mol. The number of methoxy groups -OCH3 is 1. The number of hydrogen-bond donors (Lipinski definition) is 1. The second-order valence-electron chi connectivity index (χ2n) is 3.08. The predicted molar refractivity (Wildman–Crippen MR) is 51.2 cm³/mol. The highest BCUT2D eigenvalue weighted by atomic mass is 16.5. The third kappa shape index (κ3) is 5.33. The molecule has 0 aliphatic heterocycles. The molecule has 0 aliphatic carbocycles. The van der Waals surface area contributed by atoms with Gasteiger partial charge in [0.2, 0.25) is 0 Å². The lowest BCUT2D eigenvalue weighted by Crippen LogP contribution is -2.10. The average Bonchev–Trinajstić information content (AvgIpc) is 2.04. The molecule has 0 aromatic rings. The first kappa shape index (κ1) is 11.7. The summed E-state index contributed by atoms with van der Waals surface area (Å²) in [6.07, 6.45) is 5.32. The van der Waals surface area contributed by atoms with Gasteiger partial charge in [-0.2, -0.15) is 0 Å². The van der Waals surface area contributed by atoms with E-state index in [-0.39, 0.29) is 6.61 Å². The molecule has 0 heterocycles. The first-order valence-electron chi connectivity index (χ1n) is 4.53. The van der Waals surface area contributed by atoms with Crippen molar-refractivity contribution in [2.45, 2.75) is 39.2 Å². The fourth-order valence-electron chi connectivity index (χ4n) is 1.22. The van der Waals surface area contributed by atoms with Gasteiger partial charge in [0.25, 0.3) is 0 Å². The first-order chi connectivity index (χ1) is 5.74. The van der Waals surface area contributed by atoms with Crippen molar-refractivity contribution in [1.29, 1.82) is 0 Å². The molecule has 0 spiro atoms. The van der Waals surface area contributed by atoms with Crippen LogP contribution in [0.4, 0.5) is 0 Å². The highest BCUT2D eigenvalue weighted by Crippen LogP contribution is 2.11. The Bertz CT molecular complexity index is 130. The van der Waals surface area contributed by atoms with Gasteiger partial charge in [0, 0.05) is 7.11 Å². The molecule has 0 saturated heterocycles. The standard InChI is InChI=1S/C10H20O2/c1-4-5-10(12-3)8-9(2)6-7-11/h6,10-11H,4-5,7-8H2,1-3H3/b9-6+. The number of hydrogen-bond acceptors (Lipinski definition) is 2. The van der Waals surface area contributed by atoms with Gasteiger partial charge in [-0.05, 0) is 19.8 Å². The summed E-state index contributed by atoms with van der Waals surface area (Å²) in [4.78, 5) is 0. The molecular formula is C10H20O2. The minimum atomic E-state index is 0.133. The van der Waals surface area contributed by atoms with Gasteiger partial charge in [-0.3, -0.25) is 0 Å². The Labute approximate surface area is 75.2 Å². The zero-order chi connectivity index (χ0) is 9.40. The van der Waals surface area contributed by atoms with Gasteiger partial charge in [0.1, 0.15) is 0 Å². The van der Waals surface area contributed by atoms with E-state index in [0.29, 0.717) is 6.10 Å². The Kier molecular flexibility index (Phi) is 7.11. The van der Waals surface area contributed by atoms with Crippen molar-refractivity contribution in [3.63, 3.8) is 0 Å². The minimum absolute atomic E-state index is 0.133. The van der Waals surface area contributed by atoms with Gasteiger partial charge in [-0.15, -0.1) is 0 Å². The highest BCUT2D eigenvalue weighted by molar-refractivity contribution is 4.99. The van der Waals surface area contributed by atoms with Crippen LogP contribution in [0.1, 0.15) is 33.1 Å². The zero-order valence-electron chi connectivity index (χ0n) is 8.34. The topological polar surface area (TPSA) is 29.5 Å². The van der Waals surface area contributed by atoms with E-state index in [1.165, 1.54) is 5.57 Å². The summed E-state index contributed by atoms with van der Waals surface area (Å²) in [6, 6.07) is 0. The van der Waals surface area contributed by atoms with Gasteiger partial charge in [0.05, 0.1) is 12.7 Å². The SMILES string of the molecule is CCCC(C/C(C)=C/CO)OC. The van der Waals surface area contributed by atoms with Gasteiger partial charge in [-0.25, -0.2) is 0 Å². The molecule has 0 radical (unpaired) electrons. The Balaban J connectivity index is 3.76. The molecular weight excluding hydrogens is 152 g/mol. The van der Waals surface area contributed by atoms with Crippen LogP contribution in [0, 0.1) is 0 Å². The molecule has 1 atom stereocenters. The number of ether oxygens (including phenoxy) is 1. The van der Waals surface area contributed by atoms with E-state index in [1.54, 1.807) is 7.11 Å². The van der Waals surface area contributed by atoms with Crippen molar-refractivity contribution in [3.05, 3.63) is 11.6 Å². The summed E-state index contributed by atoms with van der Waals surface area (Å²) in [7, 11) is 1.74. The highest BCUT2D eigenvalue weighted by Gasteiger charge is 2.05. The second kappa shape index (κ2) is 7.32. The molecule has 0 bridgehead atoms. The Morgan fingerprint density at radius 3 is 2.67 bits per heavy atom. The summed E-state index contributed by atoms with van der Waals surface area (Å²) in [5.41, 5.74) is 1.21. The van der Waals surface area contributed by atoms with E-state index >= 15 is 0 Å². The summed E-state index contributed by atoms with van der Waals surface area (Å²) in [5.74, 6) is 0. The van der Waals surface area contributed by atoms with Crippen molar-refractivity contribution in [2.24, 2.45) is 0 Å². The smallest absolute Gasteiger partial charge is 0.0614 e. The van der Waals surface area contributed by atoms with Crippen LogP contribution >= 0.6 is 0 Å². The van der Waals surface area contributed by atoms with Crippen molar-refractivity contribution in [1.82, 2.24) is 0 Å². The molecule has 1 unspecified atom stereocenters. The van der Waals surface area contributed by atoms with E-state index in [0.717, 1.165) is 19.3 Å². The molecule has 72 valence electrons. The maximum atomic E-state index is 8.63. The van der Waals surface area contributed by atoms with E-state index in [9.17, 15) is 0 Å². The second-order valence-corrected chi connectivity index (χ2v) is 3.08. The van der Waals surface area contributed by atoms with E-state index in [2.05, 4.69) is 6.92 Å². The van der Waals surface area contributed by atoms with Crippen LogP contribution in [0.2, 0.25) is 0 Å². The third-order valence-corrected chi connectivity index (χ3v) is 1.93. The van der Waals surface area contributed by atoms with Crippen molar-refractivity contribution in [2.75, 3.05) is 13.7 Å². The van der Waals surface area contributed by atoms with Gasteiger partial charge < -0.3 is 9.84 Å². The lowest BCUT2D eigenvalue weighted by Gasteiger charge is -2.14. The molecule has 0 amide bonds. The van der Waals surface area contributed by atoms with Gasteiger partial charge in [0.15, 0.2) is 0 Å². The molecule has 2 heteroatoms. The fourth-order valence-corrected chi connectivity index (χ4v) is 1.22. The lowest BCUT2D eigenvalue weighted by atomic mass is 10.1. The van der Waals surface area contributed by atoms with Gasteiger partial charge >= 0.3 is 0 Å². The Morgan fingerprint density at radius 2 is 2.25 bits per heavy atom. The van der Waals surface area contributed by atoms with Crippen LogP contribution < -0.4 is 0 Å². The molecule has 0 saturated carbocycles. The largest absolute Gasteiger partial charge is 0.392 e. The zero-order valence-corrected chi connectivity index (χ0v) is 8.34. The van der Waals surface area contributed by atoms with E-state index in [1.807, 2.05) is 13.0 Å². The summed E-state index contributed by atoms with van der Waals surface area (Å²) < 4.78 is 5.29. The van der Waals surface area contributed by atoms with Crippen molar-refractivity contribution >= 4 is 0 Å². The van der Waals surface area contributed by atoms with E-state index < -0.39 is 0 Å². The van der Waals surface area contributed by atoms with Crippen LogP contribution in [-0.4, -0.2) is 24.9 Å². The number of aliphatic hydroxyl groups is 1.